The van der Waals surface area contributed by atoms with Gasteiger partial charge >= 0.3 is 5.97 Å². The van der Waals surface area contributed by atoms with Gasteiger partial charge in [-0.05, 0) is 19.1 Å². The van der Waals surface area contributed by atoms with Gasteiger partial charge < -0.3 is 5.11 Å². The molecule has 5 heteroatoms. The summed E-state index contributed by atoms with van der Waals surface area (Å²) in [5.41, 5.74) is 1.73. The fourth-order valence-corrected chi connectivity index (χ4v) is 1.71. The number of rotatable bonds is 2. The van der Waals surface area contributed by atoms with Crippen molar-refractivity contribution in [2.45, 2.75) is 13.3 Å². The molecule has 2 aromatic rings. The number of carboxylic acid groups (broad SMARTS) is 1. The minimum atomic E-state index is -0.970. The highest BCUT2D eigenvalue weighted by Crippen LogP contribution is 2.21. The lowest BCUT2D eigenvalue weighted by Crippen LogP contribution is -2.05. The molecule has 0 aliphatic heterocycles. The molecule has 2 rings (SSSR count). The first-order valence-corrected chi connectivity index (χ1v) is 5.08. The van der Waals surface area contributed by atoms with Gasteiger partial charge in [0.1, 0.15) is 17.4 Å². The third-order valence-corrected chi connectivity index (χ3v) is 2.45. The third-order valence-electron chi connectivity index (χ3n) is 2.16. The molecule has 0 spiro atoms. The average Bonchev–Trinajstić information content (AvgIpc) is 2.18. The summed E-state index contributed by atoms with van der Waals surface area (Å²) in [5.74, 6) is -0.739. The van der Waals surface area contributed by atoms with Crippen molar-refractivity contribution in [2.75, 3.05) is 0 Å². The van der Waals surface area contributed by atoms with Crippen molar-refractivity contribution in [2.24, 2.45) is 0 Å². The molecule has 0 atom stereocenters. The van der Waals surface area contributed by atoms with Crippen molar-refractivity contribution in [1.29, 1.82) is 0 Å². The number of carboxylic acids is 1. The molecule has 0 saturated carbocycles. The van der Waals surface area contributed by atoms with Crippen LogP contribution in [0.4, 0.5) is 0 Å². The zero-order chi connectivity index (χ0) is 11.7. The monoisotopic (exact) mass is 236 g/mol. The summed E-state index contributed by atoms with van der Waals surface area (Å²) in [5, 5.41) is 9.69. The van der Waals surface area contributed by atoms with Gasteiger partial charge in [-0.15, -0.1) is 0 Å². The predicted octanol–water partition coefficient (Wildman–Crippen LogP) is 2.22. The molecule has 82 valence electrons. The number of aromatic nitrogens is 2. The molecule has 0 amide bonds. The summed E-state index contributed by atoms with van der Waals surface area (Å²) in [6, 6.07) is 5.59. The van der Waals surface area contributed by atoms with E-state index in [1.54, 1.807) is 0 Å². The van der Waals surface area contributed by atoms with Crippen molar-refractivity contribution < 1.29 is 9.90 Å². The molecular weight excluding hydrogens is 228 g/mol. The summed E-state index contributed by atoms with van der Waals surface area (Å²) in [7, 11) is 0. The Hall–Kier alpha value is -1.68. The predicted molar refractivity (Wildman–Crippen MR) is 60.6 cm³/mol. The average molecular weight is 237 g/mol. The van der Waals surface area contributed by atoms with Crippen LogP contribution in [0.2, 0.25) is 5.15 Å². The molecule has 1 aromatic heterocycles. The van der Waals surface area contributed by atoms with Crippen LogP contribution in [0.1, 0.15) is 11.4 Å². The zero-order valence-electron chi connectivity index (χ0n) is 8.57. The van der Waals surface area contributed by atoms with Gasteiger partial charge in [0.2, 0.25) is 0 Å². The van der Waals surface area contributed by atoms with Crippen LogP contribution in [0.15, 0.2) is 18.2 Å². The van der Waals surface area contributed by atoms with Crippen LogP contribution in [0.3, 0.4) is 0 Å². The van der Waals surface area contributed by atoms with Crippen molar-refractivity contribution in [3.63, 3.8) is 0 Å². The van der Waals surface area contributed by atoms with E-state index < -0.39 is 5.97 Å². The SMILES string of the molecule is Cc1ccc2nc(CC(=O)O)nc(Cl)c2c1. The van der Waals surface area contributed by atoms with Crippen molar-refractivity contribution in [1.82, 2.24) is 9.97 Å². The number of carbonyl (C=O) groups is 1. The Morgan fingerprint density at radius 2 is 2.19 bits per heavy atom. The first-order chi connectivity index (χ1) is 7.56. The lowest BCUT2D eigenvalue weighted by atomic mass is 10.2. The molecule has 0 aliphatic carbocycles. The number of hydrogen-bond donors (Lipinski definition) is 1. The maximum absolute atomic E-state index is 10.5. The number of benzene rings is 1. The van der Waals surface area contributed by atoms with Gasteiger partial charge in [-0.25, -0.2) is 9.97 Å². The number of nitrogens with zero attached hydrogens (tertiary/aromatic N) is 2. The van der Waals surface area contributed by atoms with Gasteiger partial charge in [0.25, 0.3) is 0 Å². The lowest BCUT2D eigenvalue weighted by molar-refractivity contribution is -0.136. The minimum Gasteiger partial charge on any atom is -0.481 e. The normalized spacial score (nSPS) is 10.6. The standard InChI is InChI=1S/C11H9ClN2O2/c1-6-2-3-8-7(4-6)11(12)14-9(13-8)5-10(15)16/h2-4H,5H2,1H3,(H,15,16). The molecule has 0 unspecified atom stereocenters. The Labute approximate surface area is 96.9 Å². The smallest absolute Gasteiger partial charge is 0.311 e. The van der Waals surface area contributed by atoms with Crippen LogP contribution in [-0.2, 0) is 11.2 Å². The summed E-state index contributed by atoms with van der Waals surface area (Å²) in [6.45, 7) is 1.95. The van der Waals surface area contributed by atoms with Crippen LogP contribution in [0.25, 0.3) is 10.9 Å². The van der Waals surface area contributed by atoms with E-state index in [1.165, 1.54) is 0 Å². The molecule has 0 bridgehead atoms. The Morgan fingerprint density at radius 3 is 2.88 bits per heavy atom. The van der Waals surface area contributed by atoms with Crippen molar-refractivity contribution in [3.8, 4) is 0 Å². The maximum Gasteiger partial charge on any atom is 0.311 e. The molecule has 0 saturated heterocycles. The van der Waals surface area contributed by atoms with Gasteiger partial charge in [-0.1, -0.05) is 23.2 Å². The fourth-order valence-electron chi connectivity index (χ4n) is 1.46. The van der Waals surface area contributed by atoms with Gasteiger partial charge in [-0.3, -0.25) is 4.79 Å². The first-order valence-electron chi connectivity index (χ1n) is 4.71. The molecule has 0 radical (unpaired) electrons. The quantitative estimate of drug-likeness (QED) is 0.812. The molecule has 0 fully saturated rings. The largest absolute Gasteiger partial charge is 0.481 e. The molecule has 16 heavy (non-hydrogen) atoms. The molecule has 1 aromatic carbocycles. The maximum atomic E-state index is 10.5. The first kappa shape index (κ1) is 10.8. The highest BCUT2D eigenvalue weighted by Gasteiger charge is 2.08. The van der Waals surface area contributed by atoms with Gasteiger partial charge in [0.15, 0.2) is 0 Å². The molecule has 0 aliphatic rings. The molecule has 4 nitrogen and oxygen atoms in total. The Kier molecular flexibility index (Phi) is 2.75. The Bertz CT molecular complexity index is 569. The number of aryl methyl sites for hydroxylation is 1. The molecule has 1 N–H and O–H groups in total. The number of halogens is 1. The zero-order valence-corrected chi connectivity index (χ0v) is 9.32. The Balaban J connectivity index is 2.59. The molecule has 1 heterocycles. The van der Waals surface area contributed by atoms with E-state index >= 15 is 0 Å². The number of aliphatic carboxylic acids is 1. The van der Waals surface area contributed by atoms with Crippen molar-refractivity contribution >= 4 is 28.5 Å². The van der Waals surface area contributed by atoms with E-state index in [0.29, 0.717) is 10.7 Å². The van der Waals surface area contributed by atoms with Crippen LogP contribution >= 0.6 is 11.6 Å². The highest BCUT2D eigenvalue weighted by molar-refractivity contribution is 6.34. The van der Waals surface area contributed by atoms with Crippen LogP contribution in [0, 0.1) is 6.92 Å². The lowest BCUT2D eigenvalue weighted by Gasteiger charge is -2.03. The second-order valence-corrected chi connectivity index (χ2v) is 3.88. The number of fused-ring (bicyclic) bond motifs is 1. The van der Waals surface area contributed by atoms with Gasteiger partial charge in [-0.2, -0.15) is 0 Å². The van der Waals surface area contributed by atoms with E-state index in [4.69, 9.17) is 16.7 Å². The van der Waals surface area contributed by atoms with E-state index in [-0.39, 0.29) is 12.2 Å². The van der Waals surface area contributed by atoms with Crippen LogP contribution < -0.4 is 0 Å². The van der Waals surface area contributed by atoms with E-state index in [2.05, 4.69) is 9.97 Å². The third kappa shape index (κ3) is 2.12. The summed E-state index contributed by atoms with van der Waals surface area (Å²) in [6.07, 6.45) is -0.219. The second kappa shape index (κ2) is 4.06. The summed E-state index contributed by atoms with van der Waals surface area (Å²) in [4.78, 5) is 18.6. The second-order valence-electron chi connectivity index (χ2n) is 3.52. The van der Waals surface area contributed by atoms with E-state index in [9.17, 15) is 4.79 Å². The topological polar surface area (TPSA) is 63.1 Å². The highest BCUT2D eigenvalue weighted by atomic mass is 35.5. The fraction of sp³-hybridized carbons (Fsp3) is 0.182. The van der Waals surface area contributed by atoms with Crippen LogP contribution in [0.5, 0.6) is 0 Å². The van der Waals surface area contributed by atoms with Gasteiger partial charge in [0, 0.05) is 5.39 Å². The van der Waals surface area contributed by atoms with Crippen molar-refractivity contribution in [3.05, 3.63) is 34.7 Å². The van der Waals surface area contributed by atoms with Gasteiger partial charge in [0.05, 0.1) is 5.52 Å². The number of hydrogen-bond acceptors (Lipinski definition) is 3. The van der Waals surface area contributed by atoms with Crippen LogP contribution in [-0.4, -0.2) is 21.0 Å². The summed E-state index contributed by atoms with van der Waals surface area (Å²) >= 11 is 5.97. The molecular formula is C11H9ClN2O2. The Morgan fingerprint density at radius 1 is 1.44 bits per heavy atom. The summed E-state index contributed by atoms with van der Waals surface area (Å²) < 4.78 is 0. The van der Waals surface area contributed by atoms with E-state index in [0.717, 1.165) is 10.9 Å². The minimum absolute atomic E-state index is 0.219. The van der Waals surface area contributed by atoms with E-state index in [1.807, 2.05) is 25.1 Å².